The number of ketones is 1. The Bertz CT molecular complexity index is 1130. The number of allylic oxidation sites excluding steroid dienone is 2. The van der Waals surface area contributed by atoms with Crippen molar-refractivity contribution in [3.05, 3.63) is 48.0 Å². The van der Waals surface area contributed by atoms with Crippen LogP contribution in [0.4, 0.5) is 0 Å². The lowest BCUT2D eigenvalue weighted by molar-refractivity contribution is -0.184. The highest BCUT2D eigenvalue weighted by Gasteiger charge is 2.83. The molecule has 0 aromatic carbocycles. The highest BCUT2D eigenvalue weighted by Crippen LogP contribution is 2.76. The Labute approximate surface area is 191 Å². The van der Waals surface area contributed by atoms with Crippen LogP contribution in [0.3, 0.4) is 0 Å². The number of carbonyl (C=O) groups excluding carboxylic acids is 2. The van der Waals surface area contributed by atoms with E-state index in [4.69, 9.17) is 13.9 Å². The van der Waals surface area contributed by atoms with Crippen LogP contribution in [-0.2, 0) is 19.1 Å². The van der Waals surface area contributed by atoms with Crippen molar-refractivity contribution in [2.75, 3.05) is 0 Å². The second kappa shape index (κ2) is 6.26. The van der Waals surface area contributed by atoms with Crippen molar-refractivity contribution in [3.8, 4) is 0 Å². The number of epoxide rings is 1. The normalized spacial score (nSPS) is 47.0. The number of furan rings is 1. The minimum absolute atomic E-state index is 0.00235. The van der Waals surface area contributed by atoms with Gasteiger partial charge in [0.15, 0.2) is 5.78 Å². The Kier molecular flexibility index (Phi) is 3.96. The Hall–Kier alpha value is -2.67. The molecule has 1 aromatic heterocycles. The second-order valence-electron chi connectivity index (χ2n) is 10.9. The fourth-order valence-corrected chi connectivity index (χ4v) is 8.18. The molecule has 174 valence electrons. The highest BCUT2D eigenvalue weighted by molar-refractivity contribution is 5.94. The van der Waals surface area contributed by atoms with Gasteiger partial charge in [-0.05, 0) is 56.2 Å². The topological polar surface area (TPSA) is 106 Å². The van der Waals surface area contributed by atoms with E-state index in [1.807, 2.05) is 19.9 Å². The van der Waals surface area contributed by atoms with Crippen LogP contribution in [-0.4, -0.2) is 40.1 Å². The molecule has 7 nitrogen and oxygen atoms in total. The summed E-state index contributed by atoms with van der Waals surface area (Å²) in [7, 11) is 0. The van der Waals surface area contributed by atoms with Crippen LogP contribution in [0.5, 0.6) is 0 Å². The third-order valence-electron chi connectivity index (χ3n) is 9.73. The van der Waals surface area contributed by atoms with Crippen molar-refractivity contribution in [2.45, 2.75) is 63.8 Å². The predicted octanol–water partition coefficient (Wildman–Crippen LogP) is 3.95. The van der Waals surface area contributed by atoms with Crippen LogP contribution >= 0.6 is 0 Å². The van der Waals surface area contributed by atoms with Crippen molar-refractivity contribution in [1.82, 2.24) is 0 Å². The first-order chi connectivity index (χ1) is 15.6. The molecule has 0 amide bonds. The molecule has 3 fully saturated rings. The summed E-state index contributed by atoms with van der Waals surface area (Å²) in [4.78, 5) is 37.9. The van der Waals surface area contributed by atoms with Gasteiger partial charge in [0.2, 0.25) is 11.4 Å². The van der Waals surface area contributed by atoms with Crippen LogP contribution in [0.25, 0.3) is 0 Å². The van der Waals surface area contributed by atoms with Crippen LogP contribution in [0, 0.1) is 28.6 Å². The van der Waals surface area contributed by atoms with Crippen molar-refractivity contribution < 1.29 is 33.4 Å². The SMILES string of the molecule is C[C@@H]1CC2C3CC=C4CC(=O)C=C[C@]4(C)[C@@]34O[C@H]4C[C@]2(C)[C@@]1(OC(=O)c1ccco1)C(=O)O. The summed E-state index contributed by atoms with van der Waals surface area (Å²) in [5.74, 6) is -2.06. The quantitative estimate of drug-likeness (QED) is 0.420. The number of carbonyl (C=O) groups is 3. The summed E-state index contributed by atoms with van der Waals surface area (Å²) in [6.07, 6.45) is 9.31. The lowest BCUT2D eigenvalue weighted by atomic mass is 9.47. The van der Waals surface area contributed by atoms with E-state index in [2.05, 4.69) is 13.0 Å². The van der Waals surface area contributed by atoms with E-state index in [0.717, 1.165) is 12.0 Å². The van der Waals surface area contributed by atoms with Gasteiger partial charge in [0.1, 0.15) is 5.60 Å². The lowest BCUT2D eigenvalue weighted by Gasteiger charge is -2.54. The van der Waals surface area contributed by atoms with E-state index < -0.39 is 28.6 Å². The maximum Gasteiger partial charge on any atom is 0.375 e. The van der Waals surface area contributed by atoms with Crippen LogP contribution < -0.4 is 0 Å². The van der Waals surface area contributed by atoms with Gasteiger partial charge in [-0.25, -0.2) is 9.59 Å². The molecule has 5 aliphatic rings. The standard InChI is InChI=1S/C26H28O7/c1-14-11-18-17-7-6-15-12-16(27)8-9-23(15,2)26(17)20(32-26)13-24(18,3)25(14,22(29)30)33-21(28)19-5-4-10-31-19/h4-6,8-10,14,17-18,20H,7,11-13H2,1-3H3,(H,29,30)/t14-,17?,18?,20+,23+,24+,25+,26-/m1/s1. The fraction of sp³-hybridized carbons (Fsp3) is 0.577. The molecule has 4 aliphatic carbocycles. The molecule has 1 saturated heterocycles. The summed E-state index contributed by atoms with van der Waals surface area (Å²) < 4.78 is 17.6. The molecule has 1 N–H and O–H groups in total. The van der Waals surface area contributed by atoms with Crippen LogP contribution in [0.2, 0.25) is 0 Å². The average Bonchev–Trinajstić information content (AvgIpc) is 3.14. The number of carboxylic acids is 1. The zero-order valence-corrected chi connectivity index (χ0v) is 19.0. The van der Waals surface area contributed by atoms with E-state index >= 15 is 0 Å². The Morgan fingerprint density at radius 1 is 1.24 bits per heavy atom. The molecular weight excluding hydrogens is 424 g/mol. The zero-order valence-electron chi connectivity index (χ0n) is 19.0. The van der Waals surface area contributed by atoms with Gasteiger partial charge < -0.3 is 19.0 Å². The Balaban J connectivity index is 1.43. The number of rotatable bonds is 3. The van der Waals surface area contributed by atoms with Gasteiger partial charge in [-0.2, -0.15) is 0 Å². The smallest absolute Gasteiger partial charge is 0.375 e. The minimum Gasteiger partial charge on any atom is -0.478 e. The molecule has 8 atom stereocenters. The summed E-state index contributed by atoms with van der Waals surface area (Å²) in [5, 5.41) is 10.5. The predicted molar refractivity (Wildman–Crippen MR) is 115 cm³/mol. The van der Waals surface area contributed by atoms with Gasteiger partial charge in [-0.1, -0.05) is 31.6 Å². The lowest BCUT2D eigenvalue weighted by Crippen LogP contribution is -2.63. The maximum absolute atomic E-state index is 12.9. The summed E-state index contributed by atoms with van der Waals surface area (Å²) >= 11 is 0. The second-order valence-corrected chi connectivity index (χ2v) is 10.9. The van der Waals surface area contributed by atoms with Gasteiger partial charge in [0.25, 0.3) is 0 Å². The van der Waals surface area contributed by atoms with Crippen molar-refractivity contribution in [1.29, 1.82) is 0 Å². The van der Waals surface area contributed by atoms with Crippen molar-refractivity contribution >= 4 is 17.7 Å². The molecule has 1 aromatic rings. The van der Waals surface area contributed by atoms with Gasteiger partial charge in [-0.3, -0.25) is 4.79 Å². The Morgan fingerprint density at radius 2 is 2.03 bits per heavy atom. The largest absolute Gasteiger partial charge is 0.478 e. The maximum atomic E-state index is 12.9. The van der Waals surface area contributed by atoms with Gasteiger partial charge in [0.05, 0.1) is 12.4 Å². The van der Waals surface area contributed by atoms with Crippen molar-refractivity contribution in [3.63, 3.8) is 0 Å². The molecule has 6 rings (SSSR count). The number of fused-ring (bicyclic) bond motifs is 3. The molecule has 2 saturated carbocycles. The highest BCUT2D eigenvalue weighted by atomic mass is 16.6. The first kappa shape index (κ1) is 20.9. The van der Waals surface area contributed by atoms with Crippen LogP contribution in [0.15, 0.2) is 46.6 Å². The van der Waals surface area contributed by atoms with E-state index in [0.29, 0.717) is 19.3 Å². The molecule has 0 bridgehead atoms. The number of ether oxygens (including phenoxy) is 2. The molecule has 2 unspecified atom stereocenters. The summed E-state index contributed by atoms with van der Waals surface area (Å²) in [6, 6.07) is 3.06. The summed E-state index contributed by atoms with van der Waals surface area (Å²) in [5.41, 5.74) is -2.18. The third kappa shape index (κ3) is 2.27. The van der Waals surface area contributed by atoms with Gasteiger partial charge in [-0.15, -0.1) is 0 Å². The molecule has 33 heavy (non-hydrogen) atoms. The van der Waals surface area contributed by atoms with Crippen molar-refractivity contribution in [2.24, 2.45) is 28.6 Å². The van der Waals surface area contributed by atoms with E-state index in [9.17, 15) is 19.5 Å². The number of aliphatic carboxylic acids is 1. The molecular formula is C26H28O7. The average molecular weight is 453 g/mol. The van der Waals surface area contributed by atoms with E-state index in [-0.39, 0.29) is 40.8 Å². The monoisotopic (exact) mass is 452 g/mol. The zero-order chi connectivity index (χ0) is 23.4. The molecule has 0 radical (unpaired) electrons. The number of hydrogen-bond acceptors (Lipinski definition) is 6. The van der Waals surface area contributed by atoms with E-state index in [1.54, 1.807) is 12.1 Å². The first-order valence-electron chi connectivity index (χ1n) is 11.7. The molecule has 7 heteroatoms. The molecule has 1 aliphatic heterocycles. The third-order valence-corrected chi connectivity index (χ3v) is 9.73. The van der Waals surface area contributed by atoms with Gasteiger partial charge in [0, 0.05) is 23.2 Å². The summed E-state index contributed by atoms with van der Waals surface area (Å²) in [6.45, 7) is 5.98. The number of hydrogen-bond donors (Lipinski definition) is 1. The van der Waals surface area contributed by atoms with Crippen LogP contribution in [0.1, 0.15) is 57.0 Å². The molecule has 1 spiro atoms. The number of esters is 1. The van der Waals surface area contributed by atoms with E-state index in [1.165, 1.54) is 12.3 Å². The minimum atomic E-state index is -1.68. The molecule has 2 heterocycles. The number of carboxylic acid groups (broad SMARTS) is 1. The first-order valence-corrected chi connectivity index (χ1v) is 11.7. The Morgan fingerprint density at radius 3 is 2.73 bits per heavy atom. The van der Waals surface area contributed by atoms with Gasteiger partial charge >= 0.3 is 11.9 Å². The fourth-order valence-electron chi connectivity index (χ4n) is 8.18.